The van der Waals surface area contributed by atoms with E-state index < -0.39 is 0 Å². The highest BCUT2D eigenvalue weighted by Gasteiger charge is 2.17. The Hall–Kier alpha value is -2.61. The van der Waals surface area contributed by atoms with Crippen molar-refractivity contribution in [3.05, 3.63) is 41.0 Å². The summed E-state index contributed by atoms with van der Waals surface area (Å²) in [6, 6.07) is 5.99. The minimum absolute atomic E-state index is 0.228. The third-order valence-electron chi connectivity index (χ3n) is 3.41. The molecule has 7 nitrogen and oxygen atoms in total. The van der Waals surface area contributed by atoms with Crippen LogP contribution in [0.15, 0.2) is 29.8 Å². The average Bonchev–Trinajstić information content (AvgIpc) is 3.24. The van der Waals surface area contributed by atoms with Gasteiger partial charge in [-0.3, -0.25) is 14.2 Å². The number of methoxy groups -OCH3 is 1. The standard InChI is InChI=1S/C15H17N5O2S/c1-19-9-11(15(18-19)22-3)14(21)16-8-10-7-12(17-20(10)2)13-5-4-6-23-13/h4-7,9H,8H2,1-3H3,(H,16,21). The number of aromatic nitrogens is 4. The zero-order valence-corrected chi connectivity index (χ0v) is 13.9. The summed E-state index contributed by atoms with van der Waals surface area (Å²) in [4.78, 5) is 13.4. The van der Waals surface area contributed by atoms with Crippen LogP contribution in [0.4, 0.5) is 0 Å². The highest BCUT2D eigenvalue weighted by atomic mass is 32.1. The second-order valence-corrected chi connectivity index (χ2v) is 5.98. The average molecular weight is 331 g/mol. The first-order valence-electron chi connectivity index (χ1n) is 7.01. The van der Waals surface area contributed by atoms with Crippen molar-refractivity contribution in [2.45, 2.75) is 6.54 Å². The highest BCUT2D eigenvalue weighted by Crippen LogP contribution is 2.23. The summed E-state index contributed by atoms with van der Waals surface area (Å²) in [5.41, 5.74) is 2.24. The normalized spacial score (nSPS) is 10.7. The monoisotopic (exact) mass is 331 g/mol. The maximum atomic E-state index is 12.3. The lowest BCUT2D eigenvalue weighted by molar-refractivity contribution is 0.0947. The Morgan fingerprint density at radius 2 is 2.22 bits per heavy atom. The Kier molecular flexibility index (Phi) is 4.16. The molecule has 0 aliphatic heterocycles. The number of nitrogens with one attached hydrogen (secondary N) is 1. The van der Waals surface area contributed by atoms with Gasteiger partial charge in [0.2, 0.25) is 5.88 Å². The van der Waals surface area contributed by atoms with E-state index in [0.29, 0.717) is 18.0 Å². The largest absolute Gasteiger partial charge is 0.479 e. The summed E-state index contributed by atoms with van der Waals surface area (Å²) in [6.45, 7) is 0.381. The Bertz CT molecular complexity index is 819. The van der Waals surface area contributed by atoms with Crippen molar-refractivity contribution in [1.29, 1.82) is 0 Å². The van der Waals surface area contributed by atoms with Crippen molar-refractivity contribution in [3.63, 3.8) is 0 Å². The first-order chi connectivity index (χ1) is 11.1. The van der Waals surface area contributed by atoms with E-state index in [4.69, 9.17) is 4.74 Å². The Labute approximate surface area is 137 Å². The predicted molar refractivity (Wildman–Crippen MR) is 87.5 cm³/mol. The zero-order chi connectivity index (χ0) is 16.4. The fraction of sp³-hybridized carbons (Fsp3) is 0.267. The van der Waals surface area contributed by atoms with Crippen LogP contribution in [-0.2, 0) is 20.6 Å². The first kappa shape index (κ1) is 15.3. The Morgan fingerprint density at radius 1 is 1.39 bits per heavy atom. The molecule has 0 aliphatic rings. The molecule has 0 saturated carbocycles. The van der Waals surface area contributed by atoms with Gasteiger partial charge in [0, 0.05) is 20.3 Å². The van der Waals surface area contributed by atoms with Gasteiger partial charge in [0.25, 0.3) is 5.91 Å². The summed E-state index contributed by atoms with van der Waals surface area (Å²) in [6.07, 6.45) is 1.63. The number of thiophene rings is 1. The topological polar surface area (TPSA) is 74.0 Å². The number of carbonyl (C=O) groups is 1. The molecule has 0 spiro atoms. The van der Waals surface area contributed by atoms with Crippen molar-refractivity contribution >= 4 is 17.2 Å². The van der Waals surface area contributed by atoms with E-state index in [1.165, 1.54) is 7.11 Å². The quantitative estimate of drug-likeness (QED) is 0.774. The first-order valence-corrected chi connectivity index (χ1v) is 7.89. The predicted octanol–water partition coefficient (Wildman–Crippen LogP) is 1.82. The second kappa shape index (κ2) is 6.25. The number of nitrogens with zero attached hydrogens (tertiary/aromatic N) is 4. The summed E-state index contributed by atoms with van der Waals surface area (Å²) < 4.78 is 8.43. The van der Waals surface area contributed by atoms with Gasteiger partial charge in [-0.2, -0.15) is 5.10 Å². The van der Waals surface area contributed by atoms with Gasteiger partial charge in [0.05, 0.1) is 24.2 Å². The van der Waals surface area contributed by atoms with Crippen molar-refractivity contribution in [1.82, 2.24) is 24.9 Å². The number of rotatable bonds is 5. The van der Waals surface area contributed by atoms with Crippen LogP contribution in [-0.4, -0.2) is 32.6 Å². The number of hydrogen-bond acceptors (Lipinski definition) is 5. The molecule has 0 aliphatic carbocycles. The van der Waals surface area contributed by atoms with Crippen molar-refractivity contribution < 1.29 is 9.53 Å². The van der Waals surface area contributed by atoms with Crippen LogP contribution >= 0.6 is 11.3 Å². The fourth-order valence-corrected chi connectivity index (χ4v) is 2.94. The van der Waals surface area contributed by atoms with Crippen LogP contribution < -0.4 is 10.1 Å². The van der Waals surface area contributed by atoms with Gasteiger partial charge < -0.3 is 10.1 Å². The van der Waals surface area contributed by atoms with E-state index in [1.54, 1.807) is 33.9 Å². The van der Waals surface area contributed by atoms with Crippen LogP contribution in [0.2, 0.25) is 0 Å². The highest BCUT2D eigenvalue weighted by molar-refractivity contribution is 7.13. The zero-order valence-electron chi connectivity index (χ0n) is 13.1. The van der Waals surface area contributed by atoms with Crippen molar-refractivity contribution in [3.8, 4) is 16.5 Å². The lowest BCUT2D eigenvalue weighted by Gasteiger charge is -2.04. The molecule has 23 heavy (non-hydrogen) atoms. The van der Waals surface area contributed by atoms with Gasteiger partial charge in [-0.05, 0) is 17.5 Å². The molecule has 1 amide bonds. The molecule has 3 aromatic rings. The van der Waals surface area contributed by atoms with E-state index in [0.717, 1.165) is 16.3 Å². The molecule has 3 aromatic heterocycles. The SMILES string of the molecule is COc1nn(C)cc1C(=O)NCc1cc(-c2cccs2)nn1C. The van der Waals surface area contributed by atoms with Gasteiger partial charge >= 0.3 is 0 Å². The summed E-state index contributed by atoms with van der Waals surface area (Å²) >= 11 is 1.64. The van der Waals surface area contributed by atoms with Gasteiger partial charge in [-0.1, -0.05) is 6.07 Å². The smallest absolute Gasteiger partial charge is 0.258 e. The molecule has 0 atom stereocenters. The second-order valence-electron chi connectivity index (χ2n) is 5.03. The van der Waals surface area contributed by atoms with Gasteiger partial charge in [0.15, 0.2) is 0 Å². The van der Waals surface area contributed by atoms with Gasteiger partial charge in [0.1, 0.15) is 11.3 Å². The van der Waals surface area contributed by atoms with Crippen LogP contribution in [0.3, 0.4) is 0 Å². The molecule has 3 heterocycles. The summed E-state index contributed by atoms with van der Waals surface area (Å²) in [5.74, 6) is 0.0862. The van der Waals surface area contributed by atoms with Crippen molar-refractivity contribution in [2.24, 2.45) is 14.1 Å². The third kappa shape index (κ3) is 3.11. The van der Waals surface area contributed by atoms with E-state index in [1.807, 2.05) is 30.6 Å². The molecular weight excluding hydrogens is 314 g/mol. The molecule has 8 heteroatoms. The number of ether oxygens (including phenoxy) is 1. The maximum Gasteiger partial charge on any atom is 0.258 e. The third-order valence-corrected chi connectivity index (χ3v) is 4.31. The number of hydrogen-bond donors (Lipinski definition) is 1. The summed E-state index contributed by atoms with van der Waals surface area (Å²) in [5, 5.41) is 13.4. The minimum Gasteiger partial charge on any atom is -0.479 e. The molecule has 0 saturated heterocycles. The number of amides is 1. The van der Waals surface area contributed by atoms with Crippen molar-refractivity contribution in [2.75, 3.05) is 7.11 Å². The van der Waals surface area contributed by atoms with Crippen LogP contribution in [0.5, 0.6) is 5.88 Å². The lowest BCUT2D eigenvalue weighted by atomic mass is 10.3. The van der Waals surface area contributed by atoms with Gasteiger partial charge in [-0.15, -0.1) is 16.4 Å². The molecule has 1 N–H and O–H groups in total. The molecule has 0 bridgehead atoms. The van der Waals surface area contributed by atoms with Crippen LogP contribution in [0.25, 0.3) is 10.6 Å². The Morgan fingerprint density at radius 3 is 2.91 bits per heavy atom. The minimum atomic E-state index is -0.228. The van der Waals surface area contributed by atoms with Gasteiger partial charge in [-0.25, -0.2) is 0 Å². The van der Waals surface area contributed by atoms with E-state index in [-0.39, 0.29) is 5.91 Å². The number of aryl methyl sites for hydroxylation is 2. The maximum absolute atomic E-state index is 12.3. The van der Waals surface area contributed by atoms with E-state index >= 15 is 0 Å². The molecule has 0 unspecified atom stereocenters. The lowest BCUT2D eigenvalue weighted by Crippen LogP contribution is -2.24. The van der Waals surface area contributed by atoms with E-state index in [9.17, 15) is 4.79 Å². The molecule has 3 rings (SSSR count). The molecule has 0 aromatic carbocycles. The number of carbonyl (C=O) groups excluding carboxylic acids is 1. The van der Waals surface area contributed by atoms with Crippen LogP contribution in [0.1, 0.15) is 16.1 Å². The molecule has 120 valence electrons. The Balaban J connectivity index is 1.72. The summed E-state index contributed by atoms with van der Waals surface area (Å²) in [7, 11) is 5.10. The van der Waals surface area contributed by atoms with E-state index in [2.05, 4.69) is 15.5 Å². The molecular formula is C15H17N5O2S. The fourth-order valence-electron chi connectivity index (χ4n) is 2.26. The molecule has 0 fully saturated rings. The molecule has 0 radical (unpaired) electrons. The van der Waals surface area contributed by atoms with Crippen LogP contribution in [0, 0.1) is 0 Å².